The number of hydrogen-bond acceptors (Lipinski definition) is 6. The number of nitrogens with two attached hydrogens (primary N) is 1. The second-order valence-corrected chi connectivity index (χ2v) is 8.19. The number of carbonyl (C=O) groups excluding carboxylic acids is 1. The fourth-order valence-corrected chi connectivity index (χ4v) is 3.85. The van der Waals surface area contributed by atoms with Crippen molar-refractivity contribution < 1.29 is 14.7 Å². The Balaban J connectivity index is 1.54. The zero-order chi connectivity index (χ0) is 24.9. The molecule has 0 fully saturated rings. The molecule has 0 saturated heterocycles. The third kappa shape index (κ3) is 5.37. The number of aliphatic imine (C=N–C) groups is 1. The number of benzene rings is 2. The topological polar surface area (TPSA) is 150 Å². The quantitative estimate of drug-likeness (QED) is 0.277. The Morgan fingerprint density at radius 1 is 1.17 bits per heavy atom. The summed E-state index contributed by atoms with van der Waals surface area (Å²) in [5.41, 5.74) is 8.99. The normalized spacial score (nSPS) is 12.9. The van der Waals surface area contributed by atoms with Crippen LogP contribution in [0.3, 0.4) is 0 Å². The predicted molar refractivity (Wildman–Crippen MR) is 135 cm³/mol. The number of hydrogen-bond donors (Lipinski definition) is 4. The molecule has 180 valence electrons. The van der Waals surface area contributed by atoms with E-state index >= 15 is 0 Å². The van der Waals surface area contributed by atoms with Gasteiger partial charge in [-0.05, 0) is 61.4 Å². The van der Waals surface area contributed by atoms with Crippen molar-refractivity contribution in [3.05, 3.63) is 71.3 Å². The lowest BCUT2D eigenvalue weighted by molar-refractivity contribution is -0.137. The van der Waals surface area contributed by atoms with Crippen molar-refractivity contribution in [3.63, 3.8) is 0 Å². The number of fused-ring (bicyclic) bond motifs is 1. The largest absolute Gasteiger partial charge is 0.481 e. The Bertz CT molecular complexity index is 1340. The van der Waals surface area contributed by atoms with E-state index < -0.39 is 5.97 Å². The maximum Gasteiger partial charge on any atom is 0.305 e. The van der Waals surface area contributed by atoms with E-state index in [1.54, 1.807) is 30.5 Å². The summed E-state index contributed by atoms with van der Waals surface area (Å²) in [6.07, 6.45) is 4.97. The van der Waals surface area contributed by atoms with Crippen molar-refractivity contribution in [2.24, 2.45) is 17.8 Å². The number of anilines is 1. The molecule has 0 atom stereocenters. The Kier molecular flexibility index (Phi) is 6.91. The van der Waals surface area contributed by atoms with Crippen LogP contribution in [-0.2, 0) is 18.4 Å². The highest BCUT2D eigenvalue weighted by molar-refractivity contribution is 5.98. The van der Waals surface area contributed by atoms with Gasteiger partial charge >= 0.3 is 5.97 Å². The maximum absolute atomic E-state index is 13.3. The lowest BCUT2D eigenvalue weighted by Crippen LogP contribution is -2.32. The average Bonchev–Trinajstić information content (AvgIpc) is 3.18. The van der Waals surface area contributed by atoms with Gasteiger partial charge in [-0.25, -0.2) is 9.98 Å². The molecular weight excluding hydrogens is 446 g/mol. The Labute approximate surface area is 202 Å². The molecule has 0 saturated carbocycles. The van der Waals surface area contributed by atoms with Crippen LogP contribution in [0.1, 0.15) is 41.0 Å². The summed E-state index contributed by atoms with van der Waals surface area (Å²) in [5, 5.41) is 19.9. The van der Waals surface area contributed by atoms with Gasteiger partial charge in [-0.3, -0.25) is 19.9 Å². The van der Waals surface area contributed by atoms with Crippen molar-refractivity contribution in [3.8, 4) is 0 Å². The second kappa shape index (κ2) is 10.2. The van der Waals surface area contributed by atoms with Crippen LogP contribution in [0, 0.1) is 5.41 Å². The van der Waals surface area contributed by atoms with Gasteiger partial charge in [0.05, 0.1) is 24.0 Å². The number of rotatable bonds is 9. The van der Waals surface area contributed by atoms with E-state index in [9.17, 15) is 9.59 Å². The van der Waals surface area contributed by atoms with E-state index in [0.29, 0.717) is 29.0 Å². The standard InChI is InChI=1S/C25H27N7O3/c1-31-20-10-7-17(25(35)32(13-11-23(33)34)21-4-2-3-12-28-21)14-19(20)30-22(31)15-29-18-8-5-16(6-9-18)24(26)27/h4-10,12,14,29H,2-3,11,13,15H2,1H3,(H3,26,27)(H,33,34). The maximum atomic E-state index is 13.3. The molecule has 0 aliphatic carbocycles. The minimum absolute atomic E-state index is 0.0189. The monoisotopic (exact) mass is 473 g/mol. The number of allylic oxidation sites excluding steroid dienone is 1. The number of nitrogens with zero attached hydrogens (tertiary/aromatic N) is 4. The van der Waals surface area contributed by atoms with Crippen molar-refractivity contribution in [1.29, 1.82) is 5.41 Å². The van der Waals surface area contributed by atoms with Gasteiger partial charge in [0.2, 0.25) is 0 Å². The van der Waals surface area contributed by atoms with Crippen LogP contribution in [0.2, 0.25) is 0 Å². The molecule has 0 bridgehead atoms. The molecule has 1 aliphatic rings. The van der Waals surface area contributed by atoms with Gasteiger partial charge in [-0.15, -0.1) is 0 Å². The number of amidine groups is 1. The molecule has 1 aliphatic heterocycles. The summed E-state index contributed by atoms with van der Waals surface area (Å²) in [6, 6.07) is 12.6. The van der Waals surface area contributed by atoms with E-state index in [4.69, 9.17) is 21.2 Å². The predicted octanol–water partition coefficient (Wildman–Crippen LogP) is 3.09. The number of carboxylic acids is 1. The fraction of sp³-hybridized carbons (Fsp3) is 0.240. The van der Waals surface area contributed by atoms with Gasteiger partial charge in [0.15, 0.2) is 0 Å². The van der Waals surface area contributed by atoms with Crippen LogP contribution in [-0.4, -0.2) is 50.0 Å². The average molecular weight is 474 g/mol. The second-order valence-electron chi connectivity index (χ2n) is 8.19. The van der Waals surface area contributed by atoms with E-state index in [0.717, 1.165) is 29.9 Å². The molecule has 10 heteroatoms. The minimum Gasteiger partial charge on any atom is -0.481 e. The number of carboxylic acid groups (broad SMARTS) is 1. The van der Waals surface area contributed by atoms with Crippen molar-refractivity contribution in [2.45, 2.75) is 25.8 Å². The molecule has 3 aromatic rings. The van der Waals surface area contributed by atoms with Gasteiger partial charge in [-0.2, -0.15) is 0 Å². The Morgan fingerprint density at radius 2 is 1.91 bits per heavy atom. The van der Waals surface area contributed by atoms with Crippen LogP contribution in [0.4, 0.5) is 5.69 Å². The summed E-state index contributed by atoms with van der Waals surface area (Å²) in [5.74, 6) is -0.0111. The molecule has 1 aromatic heterocycles. The van der Waals surface area contributed by atoms with Gasteiger partial charge < -0.3 is 20.7 Å². The molecular formula is C25H27N7O3. The third-order valence-corrected chi connectivity index (χ3v) is 5.78. The Hall–Kier alpha value is -4.47. The first-order chi connectivity index (χ1) is 16.8. The highest BCUT2D eigenvalue weighted by Crippen LogP contribution is 2.22. The molecule has 0 spiro atoms. The molecule has 5 N–H and O–H groups in total. The summed E-state index contributed by atoms with van der Waals surface area (Å²) in [7, 11) is 1.91. The highest BCUT2D eigenvalue weighted by Gasteiger charge is 2.22. The minimum atomic E-state index is -0.976. The summed E-state index contributed by atoms with van der Waals surface area (Å²) in [4.78, 5) is 34.9. The van der Waals surface area contributed by atoms with E-state index in [2.05, 4.69) is 10.3 Å². The number of imidazole rings is 1. The van der Waals surface area contributed by atoms with Crippen molar-refractivity contribution in [1.82, 2.24) is 14.5 Å². The molecule has 4 rings (SSSR count). The molecule has 2 heterocycles. The number of aromatic nitrogens is 2. The number of aliphatic carboxylic acids is 1. The third-order valence-electron chi connectivity index (χ3n) is 5.78. The van der Waals surface area contributed by atoms with E-state index in [-0.39, 0.29) is 24.7 Å². The highest BCUT2D eigenvalue weighted by atomic mass is 16.4. The zero-order valence-electron chi connectivity index (χ0n) is 19.4. The number of carbonyl (C=O) groups is 2. The molecule has 0 unspecified atom stereocenters. The van der Waals surface area contributed by atoms with Gasteiger partial charge in [0, 0.05) is 36.6 Å². The first-order valence-electron chi connectivity index (χ1n) is 11.2. The van der Waals surface area contributed by atoms with E-state index in [1.165, 1.54) is 4.90 Å². The van der Waals surface area contributed by atoms with Crippen molar-refractivity contribution in [2.75, 3.05) is 11.9 Å². The number of nitrogen functional groups attached to an aromatic ring is 1. The number of nitrogens with one attached hydrogen (secondary N) is 2. The molecule has 2 aromatic carbocycles. The van der Waals surface area contributed by atoms with Crippen LogP contribution in [0.15, 0.2) is 59.4 Å². The summed E-state index contributed by atoms with van der Waals surface area (Å²) >= 11 is 0. The molecule has 1 amide bonds. The summed E-state index contributed by atoms with van der Waals surface area (Å²) in [6.45, 7) is 0.495. The van der Waals surface area contributed by atoms with Crippen LogP contribution in [0.5, 0.6) is 0 Å². The van der Waals surface area contributed by atoms with E-state index in [1.807, 2.05) is 35.9 Å². The lowest BCUT2D eigenvalue weighted by Gasteiger charge is -2.23. The Morgan fingerprint density at radius 3 is 2.57 bits per heavy atom. The smallest absolute Gasteiger partial charge is 0.305 e. The van der Waals surface area contributed by atoms with Crippen LogP contribution >= 0.6 is 0 Å². The van der Waals surface area contributed by atoms with Crippen LogP contribution < -0.4 is 11.1 Å². The summed E-state index contributed by atoms with van der Waals surface area (Å²) < 4.78 is 1.96. The van der Waals surface area contributed by atoms with Crippen LogP contribution in [0.25, 0.3) is 11.0 Å². The van der Waals surface area contributed by atoms with Gasteiger partial charge in [0.1, 0.15) is 17.5 Å². The van der Waals surface area contributed by atoms with Gasteiger partial charge in [-0.1, -0.05) is 0 Å². The first-order valence-corrected chi connectivity index (χ1v) is 11.2. The first kappa shape index (κ1) is 23.7. The molecule has 10 nitrogen and oxygen atoms in total. The zero-order valence-corrected chi connectivity index (χ0v) is 19.4. The fourth-order valence-electron chi connectivity index (χ4n) is 3.85. The lowest BCUT2D eigenvalue weighted by atomic mass is 10.1. The number of aryl methyl sites for hydroxylation is 1. The molecule has 35 heavy (non-hydrogen) atoms. The molecule has 0 radical (unpaired) electrons. The van der Waals surface area contributed by atoms with Crippen molar-refractivity contribution >= 4 is 40.6 Å². The number of amides is 1. The SMILES string of the molecule is Cn1c(CNc2ccc(C(=N)N)cc2)nc2cc(C(=O)N(CCC(=O)O)C3=CCCC=N3)ccc21. The van der Waals surface area contributed by atoms with Gasteiger partial charge in [0.25, 0.3) is 5.91 Å².